The summed E-state index contributed by atoms with van der Waals surface area (Å²) in [6.45, 7) is 1.67. The van der Waals surface area contributed by atoms with Crippen LogP contribution in [-0.2, 0) is 21.9 Å². The van der Waals surface area contributed by atoms with Gasteiger partial charge in [-0.25, -0.2) is 13.6 Å². The number of carbonyl (C=O) groups is 1. The van der Waals surface area contributed by atoms with Crippen molar-refractivity contribution < 1.29 is 27.8 Å². The van der Waals surface area contributed by atoms with Crippen LogP contribution in [0.5, 0.6) is 11.5 Å². The lowest BCUT2D eigenvalue weighted by Gasteiger charge is -2.12. The van der Waals surface area contributed by atoms with Crippen molar-refractivity contribution in [1.82, 2.24) is 0 Å². The highest BCUT2D eigenvalue weighted by Gasteiger charge is 2.14. The third-order valence-corrected chi connectivity index (χ3v) is 5.49. The molecule has 0 aliphatic rings. The molecular weight excluding hydrogens is 422 g/mol. The van der Waals surface area contributed by atoms with Crippen LogP contribution in [0.1, 0.15) is 18.1 Å². The molecule has 4 nitrogen and oxygen atoms in total. The summed E-state index contributed by atoms with van der Waals surface area (Å²) >= 11 is 1.66. The van der Waals surface area contributed by atoms with Crippen molar-refractivity contribution in [2.75, 3.05) is 7.11 Å². The van der Waals surface area contributed by atoms with Gasteiger partial charge in [0, 0.05) is 22.3 Å². The molecule has 0 fully saturated rings. The molecule has 1 atom stereocenters. The van der Waals surface area contributed by atoms with E-state index in [1.807, 2.05) is 48.5 Å². The Morgan fingerprint density at radius 3 is 2.29 bits per heavy atom. The minimum Gasteiger partial charge on any atom is -0.489 e. The molecule has 3 aromatic rings. The topological polar surface area (TPSA) is 44.8 Å². The Hall–Kier alpha value is -3.06. The highest BCUT2D eigenvalue weighted by Crippen LogP contribution is 2.26. The summed E-state index contributed by atoms with van der Waals surface area (Å²) in [6.07, 6.45) is -0.663. The summed E-state index contributed by atoms with van der Waals surface area (Å²) < 4.78 is 42.4. The number of rotatable bonds is 9. The lowest BCUT2D eigenvalue weighted by atomic mass is 10.2. The Morgan fingerprint density at radius 1 is 0.968 bits per heavy atom. The number of hydrogen-bond donors (Lipinski definition) is 0. The van der Waals surface area contributed by atoms with Crippen LogP contribution in [0.15, 0.2) is 71.6 Å². The molecule has 0 radical (unpaired) electrons. The zero-order valence-corrected chi connectivity index (χ0v) is 18.0. The van der Waals surface area contributed by atoms with Gasteiger partial charge in [-0.3, -0.25) is 0 Å². The number of esters is 1. The van der Waals surface area contributed by atoms with Gasteiger partial charge >= 0.3 is 5.97 Å². The van der Waals surface area contributed by atoms with Gasteiger partial charge in [-0.2, -0.15) is 0 Å². The van der Waals surface area contributed by atoms with E-state index in [4.69, 9.17) is 9.47 Å². The smallest absolute Gasteiger partial charge is 0.346 e. The molecule has 0 bridgehead atoms. The molecule has 7 heteroatoms. The first-order chi connectivity index (χ1) is 14.9. The van der Waals surface area contributed by atoms with E-state index >= 15 is 0 Å². The van der Waals surface area contributed by atoms with E-state index in [0.29, 0.717) is 17.1 Å². The second kappa shape index (κ2) is 10.8. The number of carbonyl (C=O) groups excluding carboxylic acids is 1. The van der Waals surface area contributed by atoms with Gasteiger partial charge in [-0.1, -0.05) is 12.1 Å². The molecule has 0 spiro atoms. The fraction of sp³-hybridized carbons (Fsp3) is 0.208. The van der Waals surface area contributed by atoms with Crippen LogP contribution in [0, 0.1) is 11.6 Å². The summed E-state index contributed by atoms with van der Waals surface area (Å²) in [6, 6.07) is 18.4. The fourth-order valence-electron chi connectivity index (χ4n) is 2.68. The number of methoxy groups -OCH3 is 1. The molecule has 0 heterocycles. The van der Waals surface area contributed by atoms with Gasteiger partial charge in [0.05, 0.1) is 7.11 Å². The van der Waals surface area contributed by atoms with E-state index in [2.05, 4.69) is 4.74 Å². The van der Waals surface area contributed by atoms with Crippen molar-refractivity contribution in [3.05, 3.63) is 89.5 Å². The van der Waals surface area contributed by atoms with Crippen molar-refractivity contribution in [3.63, 3.8) is 0 Å². The maximum Gasteiger partial charge on any atom is 0.346 e. The molecule has 0 N–H and O–H groups in total. The van der Waals surface area contributed by atoms with Crippen molar-refractivity contribution >= 4 is 17.7 Å². The Balaban J connectivity index is 1.48. The standard InChI is InChI=1S/C24H22F2O4S/c1-16(24(27)28-2)30-21-9-11-22(12-10-21)31-15-17-3-7-20(8-4-17)29-14-18-5-6-19(25)13-23(18)26/h3-13,16H,14-15H2,1-2H3. The lowest BCUT2D eigenvalue weighted by Crippen LogP contribution is -2.24. The van der Waals surface area contributed by atoms with Gasteiger partial charge in [-0.15, -0.1) is 11.8 Å². The third kappa shape index (κ3) is 6.72. The van der Waals surface area contributed by atoms with Gasteiger partial charge in [0.1, 0.15) is 29.7 Å². The number of hydrogen-bond acceptors (Lipinski definition) is 5. The van der Waals surface area contributed by atoms with Crippen molar-refractivity contribution in [3.8, 4) is 11.5 Å². The summed E-state index contributed by atoms with van der Waals surface area (Å²) in [5.74, 6) is 0.310. The second-order valence-electron chi connectivity index (χ2n) is 6.71. The van der Waals surface area contributed by atoms with E-state index in [1.165, 1.54) is 19.2 Å². The molecule has 31 heavy (non-hydrogen) atoms. The predicted molar refractivity (Wildman–Crippen MR) is 115 cm³/mol. The summed E-state index contributed by atoms with van der Waals surface area (Å²) in [7, 11) is 1.33. The predicted octanol–water partition coefficient (Wildman–Crippen LogP) is 5.78. The van der Waals surface area contributed by atoms with Gasteiger partial charge in [0.25, 0.3) is 0 Å². The van der Waals surface area contributed by atoms with Crippen LogP contribution in [0.25, 0.3) is 0 Å². The first-order valence-corrected chi connectivity index (χ1v) is 10.6. The Morgan fingerprint density at radius 2 is 1.65 bits per heavy atom. The zero-order chi connectivity index (χ0) is 22.2. The van der Waals surface area contributed by atoms with Crippen LogP contribution in [-0.4, -0.2) is 19.2 Å². The molecule has 162 valence electrons. The molecule has 0 aliphatic heterocycles. The average Bonchev–Trinajstić information content (AvgIpc) is 2.78. The molecular formula is C24H22F2O4S. The van der Waals surface area contributed by atoms with Gasteiger partial charge < -0.3 is 14.2 Å². The third-order valence-electron chi connectivity index (χ3n) is 4.41. The van der Waals surface area contributed by atoms with E-state index in [1.54, 1.807) is 18.7 Å². The van der Waals surface area contributed by atoms with Crippen LogP contribution in [0.3, 0.4) is 0 Å². The van der Waals surface area contributed by atoms with Crippen LogP contribution in [0.2, 0.25) is 0 Å². The lowest BCUT2D eigenvalue weighted by molar-refractivity contribution is -0.147. The molecule has 3 rings (SSSR count). The maximum atomic E-state index is 13.7. The molecule has 0 amide bonds. The quantitative estimate of drug-likeness (QED) is 0.309. The molecule has 0 saturated heterocycles. The van der Waals surface area contributed by atoms with Crippen molar-refractivity contribution in [2.45, 2.75) is 30.3 Å². The Labute approximate surface area is 184 Å². The van der Waals surface area contributed by atoms with Crippen LogP contribution in [0.4, 0.5) is 8.78 Å². The number of ether oxygens (including phenoxy) is 3. The van der Waals surface area contributed by atoms with E-state index in [0.717, 1.165) is 22.3 Å². The zero-order valence-electron chi connectivity index (χ0n) is 17.1. The molecule has 0 aliphatic carbocycles. The second-order valence-corrected chi connectivity index (χ2v) is 7.76. The SMILES string of the molecule is COC(=O)C(C)Oc1ccc(SCc2ccc(OCc3ccc(F)cc3F)cc2)cc1. The van der Waals surface area contributed by atoms with Crippen LogP contribution >= 0.6 is 11.8 Å². The average molecular weight is 444 g/mol. The Bertz CT molecular complexity index is 1010. The normalized spacial score (nSPS) is 11.6. The maximum absolute atomic E-state index is 13.7. The first kappa shape index (κ1) is 22.6. The highest BCUT2D eigenvalue weighted by atomic mass is 32.2. The summed E-state index contributed by atoms with van der Waals surface area (Å²) in [5, 5.41) is 0. The molecule has 0 aromatic heterocycles. The minimum absolute atomic E-state index is 0.0310. The van der Waals surface area contributed by atoms with Gasteiger partial charge in [0.15, 0.2) is 6.10 Å². The van der Waals surface area contributed by atoms with Crippen LogP contribution < -0.4 is 9.47 Å². The summed E-state index contributed by atoms with van der Waals surface area (Å²) in [5.41, 5.74) is 1.40. The van der Waals surface area contributed by atoms with Gasteiger partial charge in [-0.05, 0) is 61.0 Å². The number of benzene rings is 3. The van der Waals surface area contributed by atoms with Gasteiger partial charge in [0.2, 0.25) is 0 Å². The number of halogens is 2. The number of thioether (sulfide) groups is 1. The van der Waals surface area contributed by atoms with Crippen molar-refractivity contribution in [1.29, 1.82) is 0 Å². The molecule has 1 unspecified atom stereocenters. The largest absolute Gasteiger partial charge is 0.489 e. The first-order valence-electron chi connectivity index (χ1n) is 9.57. The summed E-state index contributed by atoms with van der Waals surface area (Å²) in [4.78, 5) is 12.5. The van der Waals surface area contributed by atoms with E-state index in [9.17, 15) is 13.6 Å². The monoisotopic (exact) mass is 444 g/mol. The molecule has 0 saturated carbocycles. The highest BCUT2D eigenvalue weighted by molar-refractivity contribution is 7.98. The van der Waals surface area contributed by atoms with E-state index in [-0.39, 0.29) is 6.61 Å². The van der Waals surface area contributed by atoms with E-state index < -0.39 is 23.7 Å². The molecule has 3 aromatic carbocycles. The van der Waals surface area contributed by atoms with Crippen molar-refractivity contribution in [2.24, 2.45) is 0 Å². The minimum atomic E-state index is -0.663. The Kier molecular flexibility index (Phi) is 7.89. The fourth-order valence-corrected chi connectivity index (χ4v) is 3.54.